The molecule has 0 aromatic rings. The fraction of sp³-hybridized carbons (Fsp3) is 0.867. The number of piperidine rings is 2. The van der Waals surface area contributed by atoms with E-state index in [-0.39, 0.29) is 17.7 Å². The molecule has 0 bridgehead atoms. The van der Waals surface area contributed by atoms with Crippen LogP contribution in [0, 0.1) is 11.8 Å². The molecule has 6 nitrogen and oxygen atoms in total. The normalized spacial score (nSPS) is 33.7. The third kappa shape index (κ3) is 3.37. The minimum atomic E-state index is -0.273. The Hall–Kier alpha value is -1.14. The third-order valence-corrected chi connectivity index (χ3v) is 5.28. The summed E-state index contributed by atoms with van der Waals surface area (Å²) in [7, 11) is 0. The van der Waals surface area contributed by atoms with Gasteiger partial charge < -0.3 is 16.0 Å². The molecule has 0 aromatic carbocycles. The lowest BCUT2D eigenvalue weighted by Gasteiger charge is -2.37. The lowest BCUT2D eigenvalue weighted by molar-refractivity contribution is -0.136. The topological polar surface area (TPSA) is 78.7 Å². The lowest BCUT2D eigenvalue weighted by Crippen LogP contribution is -2.51. The molecule has 3 aliphatic heterocycles. The minimum absolute atomic E-state index is 0.158. The van der Waals surface area contributed by atoms with Crippen molar-refractivity contribution < 1.29 is 9.59 Å². The van der Waals surface area contributed by atoms with Crippen LogP contribution in [0.2, 0.25) is 0 Å². The van der Waals surface area contributed by atoms with Crippen LogP contribution in [0.3, 0.4) is 0 Å². The summed E-state index contributed by atoms with van der Waals surface area (Å²) < 4.78 is 0. The van der Waals surface area contributed by atoms with E-state index in [2.05, 4.69) is 10.2 Å². The van der Waals surface area contributed by atoms with Crippen LogP contribution in [0.4, 0.5) is 0 Å². The van der Waals surface area contributed by atoms with Crippen LogP contribution in [0.15, 0.2) is 0 Å². The molecule has 3 aliphatic rings. The molecule has 21 heavy (non-hydrogen) atoms. The molecule has 3 heterocycles. The zero-order valence-electron chi connectivity index (χ0n) is 12.6. The molecular weight excluding hydrogens is 268 g/mol. The average molecular weight is 294 g/mol. The van der Waals surface area contributed by atoms with E-state index in [0.29, 0.717) is 25.0 Å². The molecule has 0 aromatic heterocycles. The summed E-state index contributed by atoms with van der Waals surface area (Å²) in [6, 6.07) is 0.658. The summed E-state index contributed by atoms with van der Waals surface area (Å²) >= 11 is 0. The monoisotopic (exact) mass is 294 g/mol. The van der Waals surface area contributed by atoms with Gasteiger partial charge in [0.15, 0.2) is 0 Å². The number of likely N-dealkylation sites (tertiary alicyclic amines) is 2. The van der Waals surface area contributed by atoms with Gasteiger partial charge in [-0.15, -0.1) is 0 Å². The van der Waals surface area contributed by atoms with Gasteiger partial charge in [0, 0.05) is 32.2 Å². The molecule has 0 spiro atoms. The number of carbonyl (C=O) groups is 2. The Bertz CT molecular complexity index is 414. The van der Waals surface area contributed by atoms with Gasteiger partial charge in [0.25, 0.3) is 0 Å². The molecule has 3 saturated heterocycles. The molecule has 3 unspecified atom stereocenters. The van der Waals surface area contributed by atoms with Crippen molar-refractivity contribution >= 4 is 11.8 Å². The van der Waals surface area contributed by atoms with E-state index >= 15 is 0 Å². The highest BCUT2D eigenvalue weighted by Crippen LogP contribution is 2.24. The molecule has 118 valence electrons. The van der Waals surface area contributed by atoms with Gasteiger partial charge in [0.1, 0.15) is 0 Å². The predicted octanol–water partition coefficient (Wildman–Crippen LogP) is -0.606. The summed E-state index contributed by atoms with van der Waals surface area (Å²) in [5.41, 5.74) is 5.38. The quantitative estimate of drug-likeness (QED) is 0.728. The van der Waals surface area contributed by atoms with Crippen LogP contribution < -0.4 is 11.1 Å². The van der Waals surface area contributed by atoms with Crippen LogP contribution >= 0.6 is 0 Å². The zero-order chi connectivity index (χ0) is 14.8. The molecular formula is C15H26N4O2. The second-order valence-corrected chi connectivity index (χ2v) is 6.71. The Balaban J connectivity index is 1.50. The standard InChI is InChI=1S/C15H26N4O2/c16-15(21)12-2-1-6-19(9-12)14(20)10-18-7-4-13-11(8-18)3-5-17-13/h11-13,17H,1-10H2,(H2,16,21). The summed E-state index contributed by atoms with van der Waals surface area (Å²) in [5, 5.41) is 3.54. The first kappa shape index (κ1) is 14.8. The SMILES string of the molecule is NC(=O)C1CCCN(C(=O)CN2CCC3NCCC3C2)C1. The van der Waals surface area contributed by atoms with E-state index in [1.165, 1.54) is 6.42 Å². The fourth-order valence-electron chi connectivity index (χ4n) is 3.99. The number of nitrogens with one attached hydrogen (secondary N) is 1. The van der Waals surface area contributed by atoms with E-state index in [1.54, 1.807) is 0 Å². The number of carbonyl (C=O) groups excluding carboxylic acids is 2. The van der Waals surface area contributed by atoms with Crippen LogP contribution in [0.5, 0.6) is 0 Å². The van der Waals surface area contributed by atoms with Crippen molar-refractivity contribution in [2.75, 3.05) is 39.3 Å². The maximum Gasteiger partial charge on any atom is 0.236 e. The van der Waals surface area contributed by atoms with Gasteiger partial charge in [0.05, 0.1) is 12.5 Å². The Morgan fingerprint density at radius 2 is 2.00 bits per heavy atom. The van der Waals surface area contributed by atoms with E-state index < -0.39 is 0 Å². The number of rotatable bonds is 3. The highest BCUT2D eigenvalue weighted by molar-refractivity contribution is 5.81. The van der Waals surface area contributed by atoms with Crippen molar-refractivity contribution in [1.82, 2.24) is 15.1 Å². The van der Waals surface area contributed by atoms with Crippen molar-refractivity contribution in [2.24, 2.45) is 17.6 Å². The van der Waals surface area contributed by atoms with Gasteiger partial charge in [-0.05, 0) is 38.1 Å². The first-order chi connectivity index (χ1) is 10.1. The van der Waals surface area contributed by atoms with Crippen molar-refractivity contribution in [3.05, 3.63) is 0 Å². The van der Waals surface area contributed by atoms with E-state index in [1.807, 2.05) is 4.90 Å². The first-order valence-electron chi connectivity index (χ1n) is 8.16. The maximum atomic E-state index is 12.4. The van der Waals surface area contributed by atoms with Crippen LogP contribution in [0.1, 0.15) is 25.7 Å². The second kappa shape index (κ2) is 6.32. The van der Waals surface area contributed by atoms with Gasteiger partial charge in [-0.1, -0.05) is 0 Å². The second-order valence-electron chi connectivity index (χ2n) is 6.71. The molecule has 0 radical (unpaired) electrons. The predicted molar refractivity (Wildman–Crippen MR) is 79.5 cm³/mol. The van der Waals surface area contributed by atoms with Crippen LogP contribution in [-0.4, -0.2) is 66.9 Å². The Morgan fingerprint density at radius 3 is 2.81 bits per heavy atom. The Kier molecular flexibility index (Phi) is 4.45. The largest absolute Gasteiger partial charge is 0.369 e. The van der Waals surface area contributed by atoms with Crippen molar-refractivity contribution in [1.29, 1.82) is 0 Å². The zero-order valence-corrected chi connectivity index (χ0v) is 12.6. The van der Waals surface area contributed by atoms with Gasteiger partial charge in [-0.2, -0.15) is 0 Å². The van der Waals surface area contributed by atoms with Gasteiger partial charge in [-0.25, -0.2) is 0 Å². The van der Waals surface area contributed by atoms with E-state index in [0.717, 1.165) is 45.4 Å². The maximum absolute atomic E-state index is 12.4. The van der Waals surface area contributed by atoms with Crippen molar-refractivity contribution in [3.63, 3.8) is 0 Å². The number of nitrogens with two attached hydrogens (primary N) is 1. The van der Waals surface area contributed by atoms with Gasteiger partial charge in [-0.3, -0.25) is 14.5 Å². The molecule has 3 fully saturated rings. The molecule has 0 saturated carbocycles. The number of amides is 2. The van der Waals surface area contributed by atoms with Crippen molar-refractivity contribution in [3.8, 4) is 0 Å². The summed E-state index contributed by atoms with van der Waals surface area (Å²) in [6.45, 7) is 4.90. The fourth-order valence-corrected chi connectivity index (χ4v) is 3.99. The smallest absolute Gasteiger partial charge is 0.236 e. The van der Waals surface area contributed by atoms with Crippen LogP contribution in [-0.2, 0) is 9.59 Å². The molecule has 3 atom stereocenters. The van der Waals surface area contributed by atoms with Gasteiger partial charge in [0.2, 0.25) is 11.8 Å². The number of hydrogen-bond acceptors (Lipinski definition) is 4. The summed E-state index contributed by atoms with van der Waals surface area (Å²) in [6.07, 6.45) is 4.07. The highest BCUT2D eigenvalue weighted by atomic mass is 16.2. The van der Waals surface area contributed by atoms with E-state index in [9.17, 15) is 9.59 Å². The first-order valence-corrected chi connectivity index (χ1v) is 8.16. The molecule has 2 amide bonds. The Labute approximate surface area is 126 Å². The number of primary amides is 1. The summed E-state index contributed by atoms with van der Waals surface area (Å²) in [5.74, 6) is 0.425. The minimum Gasteiger partial charge on any atom is -0.369 e. The van der Waals surface area contributed by atoms with Crippen molar-refractivity contribution in [2.45, 2.75) is 31.7 Å². The summed E-state index contributed by atoms with van der Waals surface area (Å²) in [4.78, 5) is 27.9. The highest BCUT2D eigenvalue weighted by Gasteiger charge is 2.34. The Morgan fingerprint density at radius 1 is 1.14 bits per heavy atom. The number of fused-ring (bicyclic) bond motifs is 1. The third-order valence-electron chi connectivity index (χ3n) is 5.28. The van der Waals surface area contributed by atoms with E-state index in [4.69, 9.17) is 5.73 Å². The van der Waals surface area contributed by atoms with Crippen LogP contribution in [0.25, 0.3) is 0 Å². The molecule has 3 N–H and O–H groups in total. The number of nitrogens with zero attached hydrogens (tertiary/aromatic N) is 2. The van der Waals surface area contributed by atoms with Gasteiger partial charge >= 0.3 is 0 Å². The molecule has 0 aliphatic carbocycles. The number of hydrogen-bond donors (Lipinski definition) is 2. The molecule has 3 rings (SSSR count). The molecule has 6 heteroatoms. The lowest BCUT2D eigenvalue weighted by atomic mass is 9.93. The average Bonchev–Trinajstić information content (AvgIpc) is 2.95.